The van der Waals surface area contributed by atoms with Crippen molar-refractivity contribution < 1.29 is 34.8 Å². The van der Waals surface area contributed by atoms with Crippen LogP contribution < -0.4 is 0 Å². The van der Waals surface area contributed by atoms with Gasteiger partial charge in [0.25, 0.3) is 0 Å². The fourth-order valence-corrected chi connectivity index (χ4v) is 12.2. The number of phenolic OH excluding ortho intramolecular Hbond substituents is 2. The van der Waals surface area contributed by atoms with Gasteiger partial charge in [-0.2, -0.15) is 0 Å². The van der Waals surface area contributed by atoms with Crippen molar-refractivity contribution in [2.75, 3.05) is 0 Å². The molecule has 0 saturated heterocycles. The zero-order valence-corrected chi connectivity index (χ0v) is 28.7. The molecule has 0 aliphatic heterocycles. The molecule has 46 heavy (non-hydrogen) atoms. The minimum absolute atomic E-state index is 0.0366. The van der Waals surface area contributed by atoms with Gasteiger partial charge in [-0.3, -0.25) is 4.79 Å². The zero-order valence-electron chi connectivity index (χ0n) is 28.7. The smallest absolute Gasteiger partial charge is 0.331 e. The Labute approximate surface area is 274 Å². The van der Waals surface area contributed by atoms with Crippen LogP contribution >= 0.6 is 0 Å². The van der Waals surface area contributed by atoms with Gasteiger partial charge < -0.3 is 25.2 Å². The molecule has 6 rings (SSSR count). The lowest BCUT2D eigenvalue weighted by atomic mass is 9.33. The second-order valence-electron chi connectivity index (χ2n) is 17.1. The predicted molar refractivity (Wildman–Crippen MR) is 177 cm³/mol. The zero-order chi connectivity index (χ0) is 33.6. The van der Waals surface area contributed by atoms with Crippen LogP contribution in [0.2, 0.25) is 0 Å². The van der Waals surface area contributed by atoms with Gasteiger partial charge in [0, 0.05) is 11.5 Å². The summed E-state index contributed by atoms with van der Waals surface area (Å²) in [5.41, 5.74) is 0.479. The summed E-state index contributed by atoms with van der Waals surface area (Å²) in [6, 6.07) is 4.33. The van der Waals surface area contributed by atoms with Gasteiger partial charge >= 0.3 is 11.9 Å². The minimum atomic E-state index is -0.822. The molecule has 0 heterocycles. The number of phenols is 2. The summed E-state index contributed by atoms with van der Waals surface area (Å²) in [5, 5.41) is 41.8. The number of aliphatic hydroxyl groups is 1. The fraction of sp³-hybridized carbons (Fsp3) is 0.692. The number of benzene rings is 1. The molecule has 0 bridgehead atoms. The van der Waals surface area contributed by atoms with Gasteiger partial charge in [0.15, 0.2) is 11.5 Å². The van der Waals surface area contributed by atoms with Crippen molar-refractivity contribution >= 4 is 18.0 Å². The van der Waals surface area contributed by atoms with Crippen LogP contribution in [0.15, 0.2) is 35.9 Å². The molecule has 0 radical (unpaired) electrons. The Balaban J connectivity index is 1.29. The molecule has 4 N–H and O–H groups in total. The van der Waals surface area contributed by atoms with Crippen LogP contribution in [-0.2, 0) is 14.3 Å². The van der Waals surface area contributed by atoms with Gasteiger partial charge in [0.2, 0.25) is 0 Å². The van der Waals surface area contributed by atoms with Crippen LogP contribution in [0, 0.1) is 56.7 Å². The first-order valence-electron chi connectivity index (χ1n) is 17.4. The van der Waals surface area contributed by atoms with Crippen molar-refractivity contribution in [1.29, 1.82) is 0 Å². The number of aliphatic hydroxyl groups excluding tert-OH is 1. The Morgan fingerprint density at radius 3 is 2.33 bits per heavy atom. The van der Waals surface area contributed by atoms with Gasteiger partial charge in [0.05, 0.1) is 11.5 Å². The summed E-state index contributed by atoms with van der Waals surface area (Å²) in [7, 11) is 0. The van der Waals surface area contributed by atoms with Crippen LogP contribution in [0.3, 0.4) is 0 Å². The SMILES string of the molecule is C[C@@H]1[C@@H](C)CC[C@]2(C(=O)O)CC[C@]3(C)C(=CC[C@@H]4[C@@]5(C)C[C@@H](O)[C@H](OC(=O)/C=C/c6ccc(O)c(O)c6)C(C)(C)[C@H]5CC[C@]43C)[C@@H]12. The highest BCUT2D eigenvalue weighted by Gasteiger charge is 2.70. The Kier molecular flexibility index (Phi) is 7.82. The number of allylic oxidation sites excluding steroid dienone is 2. The quantitative estimate of drug-likeness (QED) is 0.116. The van der Waals surface area contributed by atoms with E-state index in [9.17, 15) is 30.0 Å². The average molecular weight is 635 g/mol. The molecule has 5 aliphatic carbocycles. The molecule has 0 amide bonds. The maximum atomic E-state index is 13.0. The third-order valence-electron chi connectivity index (χ3n) is 15.0. The molecule has 4 saturated carbocycles. The highest BCUT2D eigenvalue weighted by atomic mass is 16.6. The topological polar surface area (TPSA) is 124 Å². The van der Waals surface area contributed by atoms with E-state index in [0.29, 0.717) is 29.7 Å². The molecule has 5 aliphatic rings. The minimum Gasteiger partial charge on any atom is -0.504 e. The number of hydrogen-bond donors (Lipinski definition) is 4. The van der Waals surface area contributed by atoms with Crippen molar-refractivity contribution in [1.82, 2.24) is 0 Å². The summed E-state index contributed by atoms with van der Waals surface area (Å²) in [4.78, 5) is 26.0. The molecule has 0 unspecified atom stereocenters. The van der Waals surface area contributed by atoms with Crippen molar-refractivity contribution in [2.45, 2.75) is 112 Å². The van der Waals surface area contributed by atoms with E-state index in [2.05, 4.69) is 54.5 Å². The lowest BCUT2D eigenvalue weighted by Gasteiger charge is -2.71. The standard InChI is InChI=1S/C39H54O7/c1-22-14-17-39(34(44)45)19-18-37(6)25(32(39)23(22)2)10-12-30-36(5)21-28(42)33(35(3,4)29(36)15-16-38(30,37)7)46-31(43)13-9-24-8-11-26(40)27(41)20-24/h8-11,13,20,22-23,28-30,32-33,40-42H,12,14-19,21H2,1-7H3,(H,44,45)/b13-9+/t22-,23+,28+,29+,30+,32+,33-,36-,37+,38+,39-/m0/s1. The molecular weight excluding hydrogens is 580 g/mol. The average Bonchev–Trinajstić information content (AvgIpc) is 2.97. The highest BCUT2D eigenvalue weighted by Crippen LogP contribution is 2.75. The number of carboxylic acids is 1. The molecule has 7 nitrogen and oxygen atoms in total. The van der Waals surface area contributed by atoms with E-state index >= 15 is 0 Å². The van der Waals surface area contributed by atoms with E-state index in [-0.39, 0.29) is 39.6 Å². The van der Waals surface area contributed by atoms with Crippen molar-refractivity contribution in [3.63, 3.8) is 0 Å². The van der Waals surface area contributed by atoms with Crippen LogP contribution in [0.5, 0.6) is 11.5 Å². The first kappa shape index (κ1) is 33.1. The van der Waals surface area contributed by atoms with E-state index < -0.39 is 35.0 Å². The second-order valence-corrected chi connectivity index (χ2v) is 17.1. The summed E-state index contributed by atoms with van der Waals surface area (Å²) < 4.78 is 6.01. The van der Waals surface area contributed by atoms with E-state index in [0.717, 1.165) is 44.9 Å². The van der Waals surface area contributed by atoms with Crippen molar-refractivity contribution in [3.8, 4) is 11.5 Å². The van der Waals surface area contributed by atoms with Gasteiger partial charge in [-0.15, -0.1) is 0 Å². The number of aliphatic carboxylic acids is 1. The van der Waals surface area contributed by atoms with Gasteiger partial charge in [-0.1, -0.05) is 66.2 Å². The number of fused-ring (bicyclic) bond motifs is 7. The van der Waals surface area contributed by atoms with Crippen LogP contribution in [0.4, 0.5) is 0 Å². The maximum absolute atomic E-state index is 13.0. The van der Waals surface area contributed by atoms with Crippen molar-refractivity contribution in [2.24, 2.45) is 56.7 Å². The molecule has 11 atom stereocenters. The van der Waals surface area contributed by atoms with E-state index in [1.54, 1.807) is 6.07 Å². The largest absolute Gasteiger partial charge is 0.504 e. The van der Waals surface area contributed by atoms with Crippen molar-refractivity contribution in [3.05, 3.63) is 41.5 Å². The van der Waals surface area contributed by atoms with Crippen LogP contribution in [-0.4, -0.2) is 44.6 Å². The Morgan fingerprint density at radius 2 is 1.65 bits per heavy atom. The number of carbonyl (C=O) groups is 2. The lowest BCUT2D eigenvalue weighted by Crippen LogP contribution is -2.67. The molecule has 1 aromatic rings. The lowest BCUT2D eigenvalue weighted by molar-refractivity contribution is -0.238. The molecular formula is C39H54O7. The van der Waals surface area contributed by atoms with Gasteiger partial charge in [0.1, 0.15) is 6.10 Å². The molecule has 4 fully saturated rings. The third-order valence-corrected chi connectivity index (χ3v) is 15.0. The van der Waals surface area contributed by atoms with Gasteiger partial charge in [-0.05, 0) is 121 Å². The number of ether oxygens (including phenoxy) is 1. The van der Waals surface area contributed by atoms with Gasteiger partial charge in [-0.25, -0.2) is 4.79 Å². The Bertz CT molecular complexity index is 1480. The summed E-state index contributed by atoms with van der Waals surface area (Å²) >= 11 is 0. The first-order valence-corrected chi connectivity index (χ1v) is 17.4. The number of hydrogen-bond acceptors (Lipinski definition) is 6. The normalized spacial score (nSPS) is 44.6. The number of carbonyl (C=O) groups excluding carboxylic acids is 1. The van der Waals surface area contributed by atoms with Crippen LogP contribution in [0.25, 0.3) is 6.08 Å². The maximum Gasteiger partial charge on any atom is 0.331 e. The number of rotatable bonds is 4. The third kappa shape index (κ3) is 4.53. The van der Waals surface area contributed by atoms with Crippen LogP contribution in [0.1, 0.15) is 105 Å². The molecule has 0 aromatic heterocycles. The second kappa shape index (κ2) is 10.9. The summed E-state index contributed by atoms with van der Waals surface area (Å²) in [6.45, 7) is 16.1. The number of aromatic hydroxyl groups is 2. The molecule has 1 aromatic carbocycles. The monoisotopic (exact) mass is 634 g/mol. The summed E-state index contributed by atoms with van der Waals surface area (Å²) in [6.07, 6.45) is 10.6. The predicted octanol–water partition coefficient (Wildman–Crippen LogP) is 7.74. The summed E-state index contributed by atoms with van der Waals surface area (Å²) in [5.74, 6) is -0.237. The molecule has 7 heteroatoms. The fourth-order valence-electron chi connectivity index (χ4n) is 12.2. The molecule has 0 spiro atoms. The first-order chi connectivity index (χ1) is 21.4. The number of esters is 1. The molecule has 252 valence electrons. The Morgan fingerprint density at radius 1 is 0.935 bits per heavy atom. The van der Waals surface area contributed by atoms with E-state index in [1.807, 2.05) is 0 Å². The Hall–Kier alpha value is -2.80. The van der Waals surface area contributed by atoms with E-state index in [1.165, 1.54) is 29.9 Å². The number of carboxylic acid groups (broad SMARTS) is 1. The highest BCUT2D eigenvalue weighted by molar-refractivity contribution is 5.87. The van der Waals surface area contributed by atoms with E-state index in [4.69, 9.17) is 4.74 Å².